The number of carboxylic acid groups (broad SMARTS) is 1. The van der Waals surface area contributed by atoms with Gasteiger partial charge in [0.15, 0.2) is 0 Å². The summed E-state index contributed by atoms with van der Waals surface area (Å²) >= 11 is 0.843. The van der Waals surface area contributed by atoms with Gasteiger partial charge in [-0.2, -0.15) is 0 Å². The molecule has 1 N–H and O–H groups in total. The summed E-state index contributed by atoms with van der Waals surface area (Å²) in [5.41, 5.74) is 0.999. The maximum Gasteiger partial charge on any atom is 0.371 e. The van der Waals surface area contributed by atoms with Crippen molar-refractivity contribution in [3.8, 4) is 0 Å². The van der Waals surface area contributed by atoms with Crippen LogP contribution < -0.4 is 4.31 Å². The van der Waals surface area contributed by atoms with Crippen molar-refractivity contribution in [1.29, 1.82) is 0 Å². The van der Waals surface area contributed by atoms with Gasteiger partial charge in [0, 0.05) is 16.7 Å². The molecule has 3 nitrogen and oxygen atoms in total. The van der Waals surface area contributed by atoms with Crippen molar-refractivity contribution in [2.24, 2.45) is 0 Å². The fraction of sp³-hybridized carbons (Fsp3) is 0. The van der Waals surface area contributed by atoms with Crippen LogP contribution in [0.25, 0.3) is 0 Å². The van der Waals surface area contributed by atoms with Gasteiger partial charge in [0.05, 0.1) is 10.7 Å². The molecule has 5 heteroatoms. The summed E-state index contributed by atoms with van der Waals surface area (Å²) in [6.07, 6.45) is 1.89. The topological polar surface area (TPSA) is 40.5 Å². The molecule has 1 heterocycles. The summed E-state index contributed by atoms with van der Waals surface area (Å²) in [5.74, 6) is 0. The fourth-order valence-corrected chi connectivity index (χ4v) is 4.79. The van der Waals surface area contributed by atoms with Gasteiger partial charge in [-0.25, -0.2) is 4.79 Å². The van der Waals surface area contributed by atoms with E-state index in [0.29, 0.717) is 0 Å². The van der Waals surface area contributed by atoms with E-state index in [2.05, 4.69) is 21.8 Å². The van der Waals surface area contributed by atoms with E-state index in [0.717, 1.165) is 22.5 Å². The van der Waals surface area contributed by atoms with Crippen LogP contribution in [-0.4, -0.2) is 15.8 Å². The van der Waals surface area contributed by atoms with E-state index in [4.69, 9.17) is 5.11 Å². The molecule has 0 amide bonds. The first-order valence-electron chi connectivity index (χ1n) is 6.35. The Kier molecular flexibility index (Phi) is 4.13. The van der Waals surface area contributed by atoms with E-state index in [1.54, 1.807) is 0 Å². The van der Waals surface area contributed by atoms with Crippen LogP contribution in [0.3, 0.4) is 0 Å². The monoisotopic (exact) mass is 315 g/mol. The highest BCUT2D eigenvalue weighted by Gasteiger charge is 2.23. The van der Waals surface area contributed by atoms with Gasteiger partial charge in [-0.05, 0) is 35.7 Å². The third-order valence-corrected chi connectivity index (χ3v) is 5.67. The minimum absolute atomic E-state index is 0.294. The van der Waals surface area contributed by atoms with Crippen LogP contribution in [-0.2, 0) is 0 Å². The van der Waals surface area contributed by atoms with Crippen molar-refractivity contribution in [2.45, 2.75) is 4.90 Å². The maximum absolute atomic E-state index is 11.1. The molecule has 1 aliphatic rings. The number of hydrogen-bond donors (Lipinski definition) is 1. The molecule has 0 aromatic heterocycles. The van der Waals surface area contributed by atoms with E-state index in [-0.39, 0.29) is 10.7 Å². The number of allylic oxidation sites excluding steroid dienone is 1. The number of anilines is 1. The summed E-state index contributed by atoms with van der Waals surface area (Å²) in [6.45, 7) is 0. The highest BCUT2D eigenvalue weighted by molar-refractivity contribution is 8.21. The minimum atomic E-state index is -0.894. The molecule has 1 aliphatic heterocycles. The van der Waals surface area contributed by atoms with Crippen LogP contribution in [0.4, 0.5) is 10.5 Å². The van der Waals surface area contributed by atoms with Crippen molar-refractivity contribution in [3.05, 3.63) is 71.8 Å². The zero-order valence-corrected chi connectivity index (χ0v) is 12.7. The molecule has 3 rings (SSSR count). The zero-order valence-electron chi connectivity index (χ0n) is 11.0. The lowest BCUT2D eigenvalue weighted by Gasteiger charge is -2.25. The molecule has 0 spiro atoms. The summed E-state index contributed by atoms with van der Waals surface area (Å²) in [7, 11) is -0.294. The number of nitrogens with zero attached hydrogens (tertiary/aromatic N) is 1. The Morgan fingerprint density at radius 3 is 2.24 bits per heavy atom. The van der Waals surface area contributed by atoms with Crippen LogP contribution >= 0.6 is 22.4 Å². The first-order chi connectivity index (χ1) is 10.3. The molecule has 2 aromatic rings. The Morgan fingerprint density at radius 2 is 1.62 bits per heavy atom. The van der Waals surface area contributed by atoms with Crippen LogP contribution in [0, 0.1) is 0 Å². The van der Waals surface area contributed by atoms with Crippen LogP contribution in [0.15, 0.2) is 76.7 Å². The van der Waals surface area contributed by atoms with Gasteiger partial charge in [-0.3, -0.25) is 4.31 Å². The number of carbonyl (C=O) groups is 1. The molecular formula is C16H13NO2S2. The summed E-state index contributed by atoms with van der Waals surface area (Å²) in [6, 6.07) is 20.0. The minimum Gasteiger partial charge on any atom is -0.473 e. The predicted molar refractivity (Wildman–Crippen MR) is 91.0 cm³/mol. The van der Waals surface area contributed by atoms with Crippen molar-refractivity contribution < 1.29 is 9.90 Å². The molecule has 2 aromatic carbocycles. The summed E-state index contributed by atoms with van der Waals surface area (Å²) in [4.78, 5) is 12.2. The highest BCUT2D eigenvalue weighted by atomic mass is 32.2. The van der Waals surface area contributed by atoms with E-state index in [9.17, 15) is 4.79 Å². The highest BCUT2D eigenvalue weighted by Crippen LogP contribution is 2.44. The molecule has 0 radical (unpaired) electrons. The van der Waals surface area contributed by atoms with Gasteiger partial charge in [-0.1, -0.05) is 47.1 Å². The molecule has 1 unspecified atom stereocenters. The SMILES string of the molecule is O=C(O)SC1=CC=S(c2ccccc2)N1c1ccccc1. The van der Waals surface area contributed by atoms with Crippen molar-refractivity contribution in [2.75, 3.05) is 4.31 Å². The van der Waals surface area contributed by atoms with Crippen molar-refractivity contribution in [1.82, 2.24) is 0 Å². The van der Waals surface area contributed by atoms with E-state index in [1.165, 1.54) is 4.90 Å². The fourth-order valence-electron chi connectivity index (χ4n) is 2.06. The summed E-state index contributed by atoms with van der Waals surface area (Å²) in [5, 5.41) is 11.0. The molecule has 0 saturated carbocycles. The Balaban J connectivity index is 2.01. The van der Waals surface area contributed by atoms with Crippen LogP contribution in [0.2, 0.25) is 0 Å². The van der Waals surface area contributed by atoms with Crippen LogP contribution in [0.1, 0.15) is 0 Å². The molecule has 0 fully saturated rings. The lowest BCUT2D eigenvalue weighted by Crippen LogP contribution is -2.12. The second-order valence-electron chi connectivity index (χ2n) is 4.27. The van der Waals surface area contributed by atoms with Gasteiger partial charge in [0.25, 0.3) is 0 Å². The Hall–Kier alpha value is -1.98. The van der Waals surface area contributed by atoms with E-state index >= 15 is 0 Å². The molecule has 1 atom stereocenters. The van der Waals surface area contributed by atoms with Gasteiger partial charge >= 0.3 is 5.30 Å². The third-order valence-electron chi connectivity index (χ3n) is 2.90. The second kappa shape index (κ2) is 6.20. The molecule has 0 aliphatic carbocycles. The molecular weight excluding hydrogens is 302 g/mol. The van der Waals surface area contributed by atoms with Gasteiger partial charge < -0.3 is 5.11 Å². The first-order valence-corrected chi connectivity index (χ1v) is 8.41. The largest absolute Gasteiger partial charge is 0.473 e. The molecule has 0 saturated heterocycles. The molecule has 21 heavy (non-hydrogen) atoms. The lowest BCUT2D eigenvalue weighted by atomic mass is 10.3. The average molecular weight is 315 g/mol. The van der Waals surface area contributed by atoms with Gasteiger partial charge in [0.2, 0.25) is 0 Å². The standard InChI is InChI=1S/C16H13NO2S2/c18-16(19)20-15-11-12-21(14-9-5-2-6-10-14)17(15)13-7-3-1-4-8-13/h1-12H,(H,18,19). The average Bonchev–Trinajstić information content (AvgIpc) is 2.92. The quantitative estimate of drug-likeness (QED) is 0.826. The van der Waals surface area contributed by atoms with Crippen LogP contribution in [0.5, 0.6) is 0 Å². The maximum atomic E-state index is 11.1. The smallest absolute Gasteiger partial charge is 0.371 e. The lowest BCUT2D eigenvalue weighted by molar-refractivity contribution is 0.222. The molecule has 0 bridgehead atoms. The Labute approximate surface area is 130 Å². The van der Waals surface area contributed by atoms with Crippen molar-refractivity contribution >= 4 is 38.8 Å². The number of rotatable bonds is 3. The number of benzene rings is 2. The second-order valence-corrected chi connectivity index (χ2v) is 6.98. The van der Waals surface area contributed by atoms with Crippen molar-refractivity contribution in [3.63, 3.8) is 0 Å². The van der Waals surface area contributed by atoms with Gasteiger partial charge in [-0.15, -0.1) is 0 Å². The number of para-hydroxylation sites is 1. The first kappa shape index (κ1) is 14.0. The number of thioether (sulfide) groups is 1. The normalized spacial score (nSPS) is 17.2. The van der Waals surface area contributed by atoms with E-state index < -0.39 is 5.30 Å². The number of hydrogen-bond acceptors (Lipinski definition) is 3. The zero-order chi connectivity index (χ0) is 14.7. The third kappa shape index (κ3) is 3.04. The Morgan fingerprint density at radius 1 is 1.00 bits per heavy atom. The Bertz CT molecular complexity index is 712. The van der Waals surface area contributed by atoms with Gasteiger partial charge in [0.1, 0.15) is 0 Å². The van der Waals surface area contributed by atoms with E-state index in [1.807, 2.05) is 54.6 Å². The molecule has 106 valence electrons. The predicted octanol–water partition coefficient (Wildman–Crippen LogP) is 4.80. The summed E-state index contributed by atoms with van der Waals surface area (Å²) < 4.78 is 2.08.